The number of carbonyl (C=O) groups excluding carboxylic acids is 1. The van der Waals surface area contributed by atoms with Crippen LogP contribution in [0.5, 0.6) is 5.75 Å². The first kappa shape index (κ1) is 12.9. The lowest BCUT2D eigenvalue weighted by molar-refractivity contribution is -0.117. The van der Waals surface area contributed by atoms with E-state index in [2.05, 4.69) is 19.2 Å². The smallest absolute Gasteiger partial charge is 0.218 e. The van der Waals surface area contributed by atoms with Crippen molar-refractivity contribution in [2.45, 2.75) is 38.6 Å². The monoisotopic (exact) mass is 248 g/mol. The van der Waals surface area contributed by atoms with Crippen LogP contribution >= 0.6 is 0 Å². The Morgan fingerprint density at radius 3 is 2.89 bits per heavy atom. The molecule has 2 rings (SSSR count). The van der Waals surface area contributed by atoms with Crippen molar-refractivity contribution < 1.29 is 9.90 Å². The molecule has 1 aromatic rings. The van der Waals surface area contributed by atoms with E-state index in [1.54, 1.807) is 6.07 Å². The normalized spacial score (nSPS) is 21.9. The van der Waals surface area contributed by atoms with Crippen molar-refractivity contribution in [1.29, 1.82) is 0 Å². The molecule has 2 unspecified atom stereocenters. The van der Waals surface area contributed by atoms with E-state index in [1.165, 1.54) is 11.1 Å². The Bertz CT molecular complexity index is 471. The minimum absolute atomic E-state index is 0.120. The number of nitrogens with one attached hydrogen (secondary N) is 1. The second kappa shape index (κ2) is 4.98. The molecule has 4 heteroatoms. The zero-order valence-electron chi connectivity index (χ0n) is 10.9. The van der Waals surface area contributed by atoms with Gasteiger partial charge in [0.1, 0.15) is 5.75 Å². The van der Waals surface area contributed by atoms with Crippen LogP contribution in [0.4, 0.5) is 0 Å². The van der Waals surface area contributed by atoms with E-state index >= 15 is 0 Å². The molecule has 0 bridgehead atoms. The summed E-state index contributed by atoms with van der Waals surface area (Å²) in [5.41, 5.74) is 8.58. The number of hydrogen-bond donors (Lipinski definition) is 3. The summed E-state index contributed by atoms with van der Waals surface area (Å²) in [6.07, 6.45) is 1.28. The molecule has 1 aliphatic rings. The molecule has 0 fully saturated rings. The molecule has 0 radical (unpaired) electrons. The molecule has 98 valence electrons. The topological polar surface area (TPSA) is 75.3 Å². The van der Waals surface area contributed by atoms with E-state index in [1.807, 2.05) is 6.07 Å². The van der Waals surface area contributed by atoms with E-state index in [9.17, 15) is 9.90 Å². The van der Waals surface area contributed by atoms with Crippen LogP contribution in [0.25, 0.3) is 0 Å². The van der Waals surface area contributed by atoms with Crippen LogP contribution in [0, 0.1) is 6.92 Å². The number of phenolic OH excluding ortho intramolecular Hbond substituents is 1. The van der Waals surface area contributed by atoms with Crippen LogP contribution in [0.15, 0.2) is 12.1 Å². The maximum atomic E-state index is 10.7. The summed E-state index contributed by atoms with van der Waals surface area (Å²) in [4.78, 5) is 10.7. The van der Waals surface area contributed by atoms with Crippen LogP contribution in [0.1, 0.15) is 48.4 Å². The predicted molar refractivity (Wildman–Crippen MR) is 70.4 cm³/mol. The van der Waals surface area contributed by atoms with E-state index in [0.29, 0.717) is 24.6 Å². The number of phenols is 1. The first-order valence-electron chi connectivity index (χ1n) is 6.34. The van der Waals surface area contributed by atoms with Gasteiger partial charge in [-0.1, -0.05) is 13.0 Å². The minimum Gasteiger partial charge on any atom is -0.508 e. The van der Waals surface area contributed by atoms with Crippen molar-refractivity contribution >= 4 is 5.91 Å². The summed E-state index contributed by atoms with van der Waals surface area (Å²) in [6, 6.07) is 3.82. The number of nitrogens with two attached hydrogens (primary N) is 1. The molecule has 0 saturated carbocycles. The van der Waals surface area contributed by atoms with Crippen molar-refractivity contribution in [2.75, 3.05) is 6.54 Å². The molecule has 1 amide bonds. The number of benzene rings is 1. The van der Waals surface area contributed by atoms with Gasteiger partial charge >= 0.3 is 0 Å². The Morgan fingerprint density at radius 2 is 2.22 bits per heavy atom. The number of rotatable bonds is 4. The molecule has 0 heterocycles. The molecule has 2 atom stereocenters. The van der Waals surface area contributed by atoms with E-state index in [4.69, 9.17) is 5.73 Å². The van der Waals surface area contributed by atoms with Gasteiger partial charge in [-0.25, -0.2) is 0 Å². The van der Waals surface area contributed by atoms with Crippen LogP contribution in [0.2, 0.25) is 0 Å². The van der Waals surface area contributed by atoms with Gasteiger partial charge in [-0.15, -0.1) is 0 Å². The maximum absolute atomic E-state index is 10.7. The highest BCUT2D eigenvalue weighted by Gasteiger charge is 2.31. The fourth-order valence-corrected chi connectivity index (χ4v) is 2.90. The lowest BCUT2D eigenvalue weighted by Gasteiger charge is -2.15. The Hall–Kier alpha value is -1.55. The molecule has 1 aromatic carbocycles. The lowest BCUT2D eigenvalue weighted by atomic mass is 9.97. The Balaban J connectivity index is 2.19. The predicted octanol–water partition coefficient (Wildman–Crippen LogP) is 1.71. The van der Waals surface area contributed by atoms with Gasteiger partial charge in [-0.2, -0.15) is 0 Å². The molecular formula is C14H20N2O2. The second-order valence-electron chi connectivity index (χ2n) is 5.09. The Labute approximate surface area is 107 Å². The third-order valence-corrected chi connectivity index (χ3v) is 3.67. The Morgan fingerprint density at radius 1 is 1.50 bits per heavy atom. The average Bonchev–Trinajstić information content (AvgIpc) is 2.62. The van der Waals surface area contributed by atoms with Crippen molar-refractivity contribution in [3.8, 4) is 5.75 Å². The van der Waals surface area contributed by atoms with E-state index in [0.717, 1.165) is 12.0 Å². The highest BCUT2D eigenvalue weighted by molar-refractivity contribution is 5.73. The first-order chi connectivity index (χ1) is 8.50. The second-order valence-corrected chi connectivity index (χ2v) is 5.09. The molecule has 0 aromatic heterocycles. The van der Waals surface area contributed by atoms with Crippen LogP contribution in [0.3, 0.4) is 0 Å². The van der Waals surface area contributed by atoms with Gasteiger partial charge in [0.15, 0.2) is 0 Å². The molecule has 0 spiro atoms. The van der Waals surface area contributed by atoms with Gasteiger partial charge in [0.25, 0.3) is 0 Å². The third kappa shape index (κ3) is 2.34. The number of aryl methyl sites for hydroxylation is 1. The zero-order chi connectivity index (χ0) is 13.3. The molecule has 1 aliphatic carbocycles. The van der Waals surface area contributed by atoms with Gasteiger partial charge in [-0.3, -0.25) is 4.79 Å². The van der Waals surface area contributed by atoms with E-state index in [-0.39, 0.29) is 11.9 Å². The largest absolute Gasteiger partial charge is 0.508 e. The lowest BCUT2D eigenvalue weighted by Crippen LogP contribution is -2.25. The third-order valence-electron chi connectivity index (χ3n) is 3.67. The van der Waals surface area contributed by atoms with Gasteiger partial charge in [0, 0.05) is 24.6 Å². The Kier molecular flexibility index (Phi) is 3.57. The number of hydrogen-bond acceptors (Lipinski definition) is 3. The van der Waals surface area contributed by atoms with Crippen LogP contribution < -0.4 is 11.1 Å². The standard InChI is InChI=1S/C14H20N2O2/c1-8-3-4-11(17)14-10(7-9(2)13(8)14)16-6-5-12(15)18/h3-4,9-10,16-17H,5-7H2,1-2H3,(H2,15,18). The van der Waals surface area contributed by atoms with Crippen molar-refractivity contribution in [3.63, 3.8) is 0 Å². The first-order valence-corrected chi connectivity index (χ1v) is 6.34. The number of fused-ring (bicyclic) bond motifs is 1. The van der Waals surface area contributed by atoms with Crippen LogP contribution in [-0.4, -0.2) is 17.6 Å². The highest BCUT2D eigenvalue weighted by atomic mass is 16.3. The molecule has 4 N–H and O–H groups in total. The number of primary amides is 1. The maximum Gasteiger partial charge on any atom is 0.218 e. The zero-order valence-corrected chi connectivity index (χ0v) is 10.9. The molecule has 18 heavy (non-hydrogen) atoms. The average molecular weight is 248 g/mol. The summed E-state index contributed by atoms with van der Waals surface area (Å²) < 4.78 is 0. The molecule has 0 aliphatic heterocycles. The van der Waals surface area contributed by atoms with Gasteiger partial charge in [0.05, 0.1) is 0 Å². The summed E-state index contributed by atoms with van der Waals surface area (Å²) in [6.45, 7) is 4.79. The SMILES string of the molecule is Cc1ccc(O)c2c1C(C)CC2NCCC(N)=O. The highest BCUT2D eigenvalue weighted by Crippen LogP contribution is 2.45. The van der Waals surface area contributed by atoms with Gasteiger partial charge in [0.2, 0.25) is 5.91 Å². The van der Waals surface area contributed by atoms with Crippen LogP contribution in [-0.2, 0) is 4.79 Å². The number of aromatic hydroxyl groups is 1. The summed E-state index contributed by atoms with van der Waals surface area (Å²) in [5, 5.41) is 13.3. The number of amides is 1. The quantitative estimate of drug-likeness (QED) is 0.759. The van der Waals surface area contributed by atoms with Gasteiger partial charge < -0.3 is 16.2 Å². The molecular weight excluding hydrogens is 228 g/mol. The van der Waals surface area contributed by atoms with Crippen molar-refractivity contribution in [1.82, 2.24) is 5.32 Å². The minimum atomic E-state index is -0.303. The summed E-state index contributed by atoms with van der Waals surface area (Å²) in [7, 11) is 0. The van der Waals surface area contributed by atoms with E-state index < -0.39 is 0 Å². The fraction of sp³-hybridized carbons (Fsp3) is 0.500. The molecule has 0 saturated heterocycles. The van der Waals surface area contributed by atoms with Gasteiger partial charge in [-0.05, 0) is 36.5 Å². The molecule has 4 nitrogen and oxygen atoms in total. The summed E-state index contributed by atoms with van der Waals surface area (Å²) in [5.74, 6) is 0.469. The number of carbonyl (C=O) groups is 1. The summed E-state index contributed by atoms with van der Waals surface area (Å²) >= 11 is 0. The van der Waals surface area contributed by atoms with Crippen molar-refractivity contribution in [3.05, 3.63) is 28.8 Å². The fourth-order valence-electron chi connectivity index (χ4n) is 2.90. The van der Waals surface area contributed by atoms with Crippen molar-refractivity contribution in [2.24, 2.45) is 5.73 Å².